The number of nitrogens with two attached hydrogens (primary N) is 1. The molecule has 1 radical (unpaired) electrons. The topological polar surface area (TPSA) is 49.9 Å². The van der Waals surface area contributed by atoms with Crippen molar-refractivity contribution in [2.45, 2.75) is 47.0 Å². The van der Waals surface area contributed by atoms with Crippen LogP contribution in [0.15, 0.2) is 0 Å². The number of rotatable bonds is 1. The number of nitrogens with one attached hydrogen (secondary N) is 1. The van der Waals surface area contributed by atoms with Crippen LogP contribution in [0, 0.1) is 29.6 Å². The molecule has 0 bridgehead atoms. The van der Waals surface area contributed by atoms with Gasteiger partial charge in [0, 0.05) is 50.4 Å². The Morgan fingerprint density at radius 2 is 1.94 bits per heavy atom. The first kappa shape index (κ1) is 19.1. The van der Waals surface area contributed by atoms with Crippen LogP contribution in [0.1, 0.15) is 47.0 Å². The number of hydrogen-bond donors (Lipinski definition) is 2. The van der Waals surface area contributed by atoms with E-state index in [0.29, 0.717) is 17.9 Å². The van der Waals surface area contributed by atoms with Crippen LogP contribution in [0.3, 0.4) is 0 Å². The average molecular weight is 300 g/mol. The van der Waals surface area contributed by atoms with Crippen molar-refractivity contribution in [3.05, 3.63) is 7.43 Å². The van der Waals surface area contributed by atoms with Gasteiger partial charge in [0.1, 0.15) is 0 Å². The molecular weight excluding hydrogens is 273 g/mol. The maximum atomic E-state index is 7.96. The molecule has 0 aromatic heterocycles. The summed E-state index contributed by atoms with van der Waals surface area (Å²) in [5.74, 6) is 0.713. The monoisotopic (exact) mass is 300 g/mol. The zero-order chi connectivity index (χ0) is 11.0. The second kappa shape index (κ2) is 6.61. The fourth-order valence-electron chi connectivity index (χ4n) is 2.34. The standard InChI is InChI=1S/C12H24N2.CH3.Y/c1-11(2,3)9-5-6-10(14)12(4,7-9)8-13;;/h9,14H,5-8,13H2,1-4H3;1H3;/q;-1;. The third-order valence-corrected chi connectivity index (χ3v) is 3.84. The van der Waals surface area contributed by atoms with Crippen LogP contribution >= 0.6 is 0 Å². The fourth-order valence-corrected chi connectivity index (χ4v) is 2.34. The molecule has 2 atom stereocenters. The van der Waals surface area contributed by atoms with Gasteiger partial charge in [0.05, 0.1) is 0 Å². The minimum atomic E-state index is -0.0316. The molecule has 1 aliphatic rings. The summed E-state index contributed by atoms with van der Waals surface area (Å²) in [6.45, 7) is 9.66. The van der Waals surface area contributed by atoms with Gasteiger partial charge >= 0.3 is 0 Å². The van der Waals surface area contributed by atoms with Gasteiger partial charge in [0.15, 0.2) is 0 Å². The van der Waals surface area contributed by atoms with E-state index in [1.807, 2.05) is 0 Å². The minimum absolute atomic E-state index is 0. The summed E-state index contributed by atoms with van der Waals surface area (Å²) >= 11 is 0. The van der Waals surface area contributed by atoms with Gasteiger partial charge in [-0.25, -0.2) is 0 Å². The molecule has 0 amide bonds. The van der Waals surface area contributed by atoms with E-state index in [0.717, 1.165) is 25.0 Å². The molecule has 2 unspecified atom stereocenters. The van der Waals surface area contributed by atoms with Crippen LogP contribution in [-0.4, -0.2) is 12.3 Å². The molecule has 1 saturated carbocycles. The summed E-state index contributed by atoms with van der Waals surface area (Å²) in [6.07, 6.45) is 3.19. The predicted molar refractivity (Wildman–Crippen MR) is 68.1 cm³/mol. The van der Waals surface area contributed by atoms with Gasteiger partial charge < -0.3 is 18.6 Å². The third-order valence-electron chi connectivity index (χ3n) is 3.84. The van der Waals surface area contributed by atoms with Crippen molar-refractivity contribution < 1.29 is 32.7 Å². The Balaban J connectivity index is 0. The Kier molecular flexibility index (Phi) is 7.88. The van der Waals surface area contributed by atoms with Crippen molar-refractivity contribution in [3.63, 3.8) is 0 Å². The van der Waals surface area contributed by atoms with Gasteiger partial charge in [-0.3, -0.25) is 0 Å². The fraction of sp³-hybridized carbons (Fsp3) is 0.846. The Bertz CT molecular complexity index is 233. The van der Waals surface area contributed by atoms with E-state index in [2.05, 4.69) is 27.7 Å². The Hall–Kier alpha value is 0.734. The normalized spacial score (nSPS) is 30.3. The van der Waals surface area contributed by atoms with Crippen molar-refractivity contribution in [3.8, 4) is 0 Å². The zero-order valence-electron chi connectivity index (χ0n) is 11.6. The van der Waals surface area contributed by atoms with Crippen LogP contribution < -0.4 is 5.73 Å². The maximum absolute atomic E-state index is 7.96. The van der Waals surface area contributed by atoms with Gasteiger partial charge in [-0.15, -0.1) is 0 Å². The Morgan fingerprint density at radius 1 is 1.44 bits per heavy atom. The molecular formula is C13H27N2Y-. The molecule has 0 aliphatic heterocycles. The van der Waals surface area contributed by atoms with Gasteiger partial charge in [-0.1, -0.05) is 27.7 Å². The van der Waals surface area contributed by atoms with E-state index in [-0.39, 0.29) is 45.6 Å². The molecule has 16 heavy (non-hydrogen) atoms. The molecule has 0 aromatic carbocycles. The van der Waals surface area contributed by atoms with E-state index in [9.17, 15) is 0 Å². The Labute approximate surface area is 127 Å². The van der Waals surface area contributed by atoms with Crippen LogP contribution in [0.5, 0.6) is 0 Å². The van der Waals surface area contributed by atoms with Crippen LogP contribution in [0.25, 0.3) is 0 Å². The summed E-state index contributed by atoms with van der Waals surface area (Å²) in [5, 5.41) is 7.96. The second-order valence-corrected chi connectivity index (χ2v) is 6.05. The quantitative estimate of drug-likeness (QED) is 0.717. The molecule has 3 heteroatoms. The van der Waals surface area contributed by atoms with E-state index in [1.54, 1.807) is 0 Å². The summed E-state index contributed by atoms with van der Waals surface area (Å²) in [4.78, 5) is 0. The van der Waals surface area contributed by atoms with Crippen LogP contribution in [-0.2, 0) is 32.7 Å². The van der Waals surface area contributed by atoms with Crippen LogP contribution in [0.2, 0.25) is 0 Å². The predicted octanol–water partition coefficient (Wildman–Crippen LogP) is 3.27. The summed E-state index contributed by atoms with van der Waals surface area (Å²) in [7, 11) is 0. The first-order chi connectivity index (χ1) is 6.29. The average Bonchev–Trinajstić information content (AvgIpc) is 2.08. The Morgan fingerprint density at radius 3 is 2.31 bits per heavy atom. The van der Waals surface area contributed by atoms with Crippen molar-refractivity contribution in [1.29, 1.82) is 5.41 Å². The van der Waals surface area contributed by atoms with E-state index < -0.39 is 0 Å². The van der Waals surface area contributed by atoms with Gasteiger partial charge in [-0.2, -0.15) is 0 Å². The molecule has 0 saturated heterocycles. The van der Waals surface area contributed by atoms with Gasteiger partial charge in [0.25, 0.3) is 0 Å². The number of hydrogen-bond acceptors (Lipinski definition) is 2. The maximum Gasteiger partial charge on any atom is 0.0177 e. The van der Waals surface area contributed by atoms with E-state index in [4.69, 9.17) is 11.1 Å². The molecule has 1 aliphatic carbocycles. The van der Waals surface area contributed by atoms with E-state index in [1.165, 1.54) is 0 Å². The minimum Gasteiger partial charge on any atom is -0.358 e. The van der Waals surface area contributed by atoms with Crippen molar-refractivity contribution in [2.24, 2.45) is 22.5 Å². The van der Waals surface area contributed by atoms with Gasteiger partial charge in [0.2, 0.25) is 0 Å². The molecule has 0 spiro atoms. The summed E-state index contributed by atoms with van der Waals surface area (Å²) in [5.41, 5.74) is 6.98. The smallest absolute Gasteiger partial charge is 0.0177 e. The van der Waals surface area contributed by atoms with Crippen molar-refractivity contribution in [1.82, 2.24) is 0 Å². The van der Waals surface area contributed by atoms with Crippen LogP contribution in [0.4, 0.5) is 0 Å². The largest absolute Gasteiger partial charge is 0.358 e. The molecule has 3 N–H and O–H groups in total. The summed E-state index contributed by atoms with van der Waals surface area (Å²) in [6, 6.07) is 0. The second-order valence-electron chi connectivity index (χ2n) is 6.05. The molecule has 0 heterocycles. The first-order valence-corrected chi connectivity index (χ1v) is 5.57. The van der Waals surface area contributed by atoms with Gasteiger partial charge in [-0.05, 0) is 30.6 Å². The molecule has 0 aromatic rings. The SMILES string of the molecule is CC1(CN)CC(C(C)(C)C)CCC1=N.[CH3-].[Y]. The first-order valence-electron chi connectivity index (χ1n) is 5.57. The third kappa shape index (κ3) is 4.20. The van der Waals surface area contributed by atoms with Crippen molar-refractivity contribution >= 4 is 5.71 Å². The summed E-state index contributed by atoms with van der Waals surface area (Å²) < 4.78 is 0. The molecule has 1 fully saturated rings. The molecule has 1 rings (SSSR count). The van der Waals surface area contributed by atoms with Crippen molar-refractivity contribution in [2.75, 3.05) is 6.54 Å². The molecule has 2 nitrogen and oxygen atoms in total. The molecule has 93 valence electrons. The zero-order valence-corrected chi connectivity index (χ0v) is 14.4. The van der Waals surface area contributed by atoms with E-state index >= 15 is 0 Å².